The van der Waals surface area contributed by atoms with Gasteiger partial charge in [0.15, 0.2) is 21.0 Å². The molecule has 6 nitrogen and oxygen atoms in total. The van der Waals surface area contributed by atoms with Gasteiger partial charge in [-0.2, -0.15) is 0 Å². The third-order valence-electron chi connectivity index (χ3n) is 5.05. The van der Waals surface area contributed by atoms with Crippen molar-refractivity contribution in [2.45, 2.75) is 19.0 Å². The van der Waals surface area contributed by atoms with Gasteiger partial charge < -0.3 is 9.32 Å². The molecule has 0 radical (unpaired) electrons. The largest absolute Gasteiger partial charge is 0.451 e. The highest BCUT2D eigenvalue weighted by Crippen LogP contribution is 2.25. The van der Waals surface area contributed by atoms with Gasteiger partial charge in [0, 0.05) is 23.7 Å². The summed E-state index contributed by atoms with van der Waals surface area (Å²) in [5.41, 5.74) is 0.668. The number of hydrogen-bond donors (Lipinski definition) is 0. The maximum atomic E-state index is 13.3. The summed E-state index contributed by atoms with van der Waals surface area (Å²) in [5.74, 6) is -0.757. The predicted molar refractivity (Wildman–Crippen MR) is 111 cm³/mol. The topological polar surface area (TPSA) is 84.7 Å². The van der Waals surface area contributed by atoms with Gasteiger partial charge in [0.25, 0.3) is 5.91 Å². The SMILES string of the molecule is O=C(c1cc(=O)c2ccccc2o1)N(Cc1ccccc1Cl)[C@H]1CCS(=O)(=O)C1. The van der Waals surface area contributed by atoms with Gasteiger partial charge in [-0.05, 0) is 30.2 Å². The molecule has 1 aliphatic heterocycles. The van der Waals surface area contributed by atoms with Crippen molar-refractivity contribution in [1.29, 1.82) is 0 Å². The predicted octanol–water partition coefficient (Wildman–Crippen LogP) is 3.28. The molecule has 1 fully saturated rings. The monoisotopic (exact) mass is 431 g/mol. The lowest BCUT2D eigenvalue weighted by Gasteiger charge is -2.28. The molecule has 150 valence electrons. The van der Waals surface area contributed by atoms with E-state index in [1.807, 2.05) is 0 Å². The Balaban J connectivity index is 1.75. The standard InChI is InChI=1S/C21H18ClNO5S/c22-17-7-3-1-5-14(17)12-23(15-9-10-29(26,27)13-15)21(25)20-11-18(24)16-6-2-4-8-19(16)28-20/h1-8,11,15H,9-10,12-13H2/t15-/m0/s1. The van der Waals surface area contributed by atoms with Gasteiger partial charge in [0.1, 0.15) is 5.58 Å². The van der Waals surface area contributed by atoms with Crippen LogP contribution in [0, 0.1) is 0 Å². The molecule has 1 aromatic heterocycles. The minimum Gasteiger partial charge on any atom is -0.451 e. The van der Waals surface area contributed by atoms with Crippen LogP contribution in [0.3, 0.4) is 0 Å². The minimum absolute atomic E-state index is 0.0195. The Bertz CT molecular complexity index is 1250. The Kier molecular flexibility index (Phi) is 5.19. The van der Waals surface area contributed by atoms with Crippen LogP contribution in [0.1, 0.15) is 22.5 Å². The van der Waals surface area contributed by atoms with Gasteiger partial charge >= 0.3 is 0 Å². The molecular weight excluding hydrogens is 414 g/mol. The molecule has 0 bridgehead atoms. The fraction of sp³-hybridized carbons (Fsp3) is 0.238. The lowest BCUT2D eigenvalue weighted by molar-refractivity contribution is 0.0648. The van der Waals surface area contributed by atoms with Crippen molar-refractivity contribution in [3.8, 4) is 0 Å². The molecule has 29 heavy (non-hydrogen) atoms. The van der Waals surface area contributed by atoms with Gasteiger partial charge in [-0.25, -0.2) is 8.42 Å². The highest BCUT2D eigenvalue weighted by Gasteiger charge is 2.36. The molecule has 3 aromatic rings. The van der Waals surface area contributed by atoms with E-state index in [1.54, 1.807) is 48.5 Å². The number of carbonyl (C=O) groups excluding carboxylic acids is 1. The average Bonchev–Trinajstić information content (AvgIpc) is 3.06. The van der Waals surface area contributed by atoms with Crippen molar-refractivity contribution < 1.29 is 17.6 Å². The number of sulfone groups is 1. The summed E-state index contributed by atoms with van der Waals surface area (Å²) in [7, 11) is -3.22. The van der Waals surface area contributed by atoms with Gasteiger partial charge in [-0.1, -0.05) is 41.9 Å². The molecule has 0 N–H and O–H groups in total. The first kappa shape index (κ1) is 19.7. The lowest BCUT2D eigenvalue weighted by Crippen LogP contribution is -2.41. The third-order valence-corrected chi connectivity index (χ3v) is 7.17. The molecule has 0 saturated carbocycles. The van der Waals surface area contributed by atoms with Crippen molar-refractivity contribution >= 4 is 38.3 Å². The van der Waals surface area contributed by atoms with Crippen LogP contribution in [0.25, 0.3) is 11.0 Å². The number of benzene rings is 2. The summed E-state index contributed by atoms with van der Waals surface area (Å²) in [6, 6.07) is 14.4. The molecule has 0 aliphatic carbocycles. The summed E-state index contributed by atoms with van der Waals surface area (Å²) < 4.78 is 29.7. The van der Waals surface area contributed by atoms with Gasteiger partial charge in [0.2, 0.25) is 0 Å². The first-order valence-corrected chi connectivity index (χ1v) is 11.3. The third kappa shape index (κ3) is 4.06. The second kappa shape index (κ2) is 7.65. The molecule has 0 unspecified atom stereocenters. The van der Waals surface area contributed by atoms with E-state index in [1.165, 1.54) is 4.90 Å². The van der Waals surface area contributed by atoms with E-state index in [2.05, 4.69) is 0 Å². The van der Waals surface area contributed by atoms with Crippen molar-refractivity contribution in [3.63, 3.8) is 0 Å². The molecule has 1 saturated heterocycles. The van der Waals surface area contributed by atoms with Gasteiger partial charge in [-0.3, -0.25) is 9.59 Å². The van der Waals surface area contributed by atoms with Crippen molar-refractivity contribution in [3.05, 3.63) is 81.2 Å². The zero-order valence-corrected chi connectivity index (χ0v) is 16.9. The molecule has 1 aliphatic rings. The van der Waals surface area contributed by atoms with Crippen LogP contribution < -0.4 is 5.43 Å². The van der Waals surface area contributed by atoms with Gasteiger partial charge in [0.05, 0.1) is 16.9 Å². The van der Waals surface area contributed by atoms with Gasteiger partial charge in [-0.15, -0.1) is 0 Å². The van der Waals surface area contributed by atoms with E-state index in [4.69, 9.17) is 16.0 Å². The van der Waals surface area contributed by atoms with Crippen LogP contribution in [0.5, 0.6) is 0 Å². The summed E-state index contributed by atoms with van der Waals surface area (Å²) in [6.45, 7) is 0.120. The molecular formula is C21H18ClNO5S. The van der Waals surface area contributed by atoms with Crippen LogP contribution in [0.15, 0.2) is 63.8 Å². The smallest absolute Gasteiger partial charge is 0.290 e. The summed E-state index contributed by atoms with van der Waals surface area (Å²) >= 11 is 6.26. The number of fused-ring (bicyclic) bond motifs is 1. The van der Waals surface area contributed by atoms with E-state index in [0.717, 1.165) is 6.07 Å². The number of hydrogen-bond acceptors (Lipinski definition) is 5. The van der Waals surface area contributed by atoms with E-state index in [0.29, 0.717) is 28.0 Å². The molecule has 2 aromatic carbocycles. The molecule has 1 amide bonds. The number of nitrogens with zero attached hydrogens (tertiary/aromatic N) is 1. The highest BCUT2D eigenvalue weighted by atomic mass is 35.5. The zero-order valence-electron chi connectivity index (χ0n) is 15.4. The lowest BCUT2D eigenvalue weighted by atomic mass is 10.1. The normalized spacial score (nSPS) is 18.0. The van der Waals surface area contributed by atoms with E-state index in [9.17, 15) is 18.0 Å². The van der Waals surface area contributed by atoms with Crippen LogP contribution >= 0.6 is 11.6 Å². The fourth-order valence-corrected chi connectivity index (χ4v) is 5.48. The summed E-state index contributed by atoms with van der Waals surface area (Å²) in [6.07, 6.45) is 0.330. The van der Waals surface area contributed by atoms with Crippen LogP contribution in [0.2, 0.25) is 5.02 Å². The molecule has 8 heteroatoms. The average molecular weight is 432 g/mol. The Labute approximate surface area is 172 Å². The molecule has 2 heterocycles. The summed E-state index contributed by atoms with van der Waals surface area (Å²) in [5, 5.41) is 0.858. The quantitative estimate of drug-likeness (QED) is 0.633. The fourth-order valence-electron chi connectivity index (χ4n) is 3.55. The first-order chi connectivity index (χ1) is 13.8. The molecule has 0 spiro atoms. The summed E-state index contributed by atoms with van der Waals surface area (Å²) in [4.78, 5) is 27.2. The number of rotatable bonds is 4. The van der Waals surface area contributed by atoms with Crippen molar-refractivity contribution in [2.75, 3.05) is 11.5 Å². The van der Waals surface area contributed by atoms with E-state index >= 15 is 0 Å². The Morgan fingerprint density at radius 2 is 1.86 bits per heavy atom. The highest BCUT2D eigenvalue weighted by molar-refractivity contribution is 7.91. The van der Waals surface area contributed by atoms with Crippen LogP contribution in [-0.4, -0.2) is 36.8 Å². The number of para-hydroxylation sites is 1. The zero-order chi connectivity index (χ0) is 20.6. The minimum atomic E-state index is -3.22. The second-order valence-electron chi connectivity index (χ2n) is 7.05. The van der Waals surface area contributed by atoms with E-state index in [-0.39, 0.29) is 29.2 Å². The second-order valence-corrected chi connectivity index (χ2v) is 9.69. The Morgan fingerprint density at radius 1 is 1.14 bits per heavy atom. The van der Waals surface area contributed by atoms with Crippen LogP contribution in [0.4, 0.5) is 0 Å². The first-order valence-electron chi connectivity index (χ1n) is 9.12. The Morgan fingerprint density at radius 3 is 2.59 bits per heavy atom. The Hall–Kier alpha value is -2.64. The molecule has 1 atom stereocenters. The van der Waals surface area contributed by atoms with Crippen molar-refractivity contribution in [1.82, 2.24) is 4.90 Å². The number of carbonyl (C=O) groups is 1. The maximum Gasteiger partial charge on any atom is 0.290 e. The number of amides is 1. The number of halogens is 1. The maximum absolute atomic E-state index is 13.3. The van der Waals surface area contributed by atoms with Crippen molar-refractivity contribution in [2.24, 2.45) is 0 Å². The molecule has 4 rings (SSSR count). The van der Waals surface area contributed by atoms with Crippen LogP contribution in [-0.2, 0) is 16.4 Å². The van der Waals surface area contributed by atoms with E-state index < -0.39 is 21.8 Å².